The average Bonchev–Trinajstić information content (AvgIpc) is 2.98. The number of para-hydroxylation sites is 3. The number of fused-ring (bicyclic) bond motifs is 1. The van der Waals surface area contributed by atoms with Crippen LogP contribution in [0.1, 0.15) is 33.5 Å². The molecule has 0 aliphatic heterocycles. The molecule has 112 valence electrons. The maximum atomic E-state index is 4.65. The lowest BCUT2D eigenvalue weighted by atomic mass is 10.3. The van der Waals surface area contributed by atoms with Crippen LogP contribution in [0.25, 0.3) is 16.7 Å². The van der Waals surface area contributed by atoms with Gasteiger partial charge in [-0.1, -0.05) is 58.0 Å². The van der Waals surface area contributed by atoms with Gasteiger partial charge in [-0.05, 0) is 24.3 Å². The normalized spacial score (nSPS) is 9.38. The molecule has 3 rings (SSSR count). The molecule has 2 aromatic carbocycles. The first kappa shape index (κ1) is 17.4. The quantitative estimate of drug-likeness (QED) is 0.575. The van der Waals surface area contributed by atoms with E-state index in [1.54, 1.807) is 0 Å². The van der Waals surface area contributed by atoms with E-state index in [1.165, 1.54) is 5.69 Å². The smallest absolute Gasteiger partial charge is 0.118 e. The van der Waals surface area contributed by atoms with Crippen LogP contribution in [0.2, 0.25) is 0 Å². The van der Waals surface area contributed by atoms with Crippen molar-refractivity contribution in [1.29, 1.82) is 0 Å². The number of aromatic nitrogens is 2. The topological polar surface area (TPSA) is 17.8 Å². The molecule has 0 spiro atoms. The van der Waals surface area contributed by atoms with Crippen molar-refractivity contribution in [2.75, 3.05) is 0 Å². The van der Waals surface area contributed by atoms with Crippen LogP contribution in [-0.2, 0) is 6.16 Å². The fraction of sp³-hybridized carbons (Fsp3) is 0.278. The number of hydrogen-bond donors (Lipinski definition) is 0. The van der Waals surface area contributed by atoms with E-state index in [4.69, 9.17) is 0 Å². The summed E-state index contributed by atoms with van der Waals surface area (Å²) in [6.07, 6.45) is 0.851. The molecule has 0 fully saturated rings. The summed E-state index contributed by atoms with van der Waals surface area (Å²) in [5, 5.41) is 0. The molecular formula is C18H25N2P. The van der Waals surface area contributed by atoms with Gasteiger partial charge in [-0.25, -0.2) is 4.98 Å². The molecule has 0 radical (unpaired) electrons. The summed E-state index contributed by atoms with van der Waals surface area (Å²) in [6, 6.07) is 18.6. The van der Waals surface area contributed by atoms with Crippen molar-refractivity contribution < 1.29 is 0 Å². The van der Waals surface area contributed by atoms with E-state index < -0.39 is 0 Å². The Morgan fingerprint density at radius 3 is 2.05 bits per heavy atom. The van der Waals surface area contributed by atoms with Gasteiger partial charge in [0, 0.05) is 11.8 Å². The van der Waals surface area contributed by atoms with Crippen LogP contribution in [-0.4, -0.2) is 9.55 Å². The van der Waals surface area contributed by atoms with Gasteiger partial charge in [0.2, 0.25) is 0 Å². The van der Waals surface area contributed by atoms with Crippen molar-refractivity contribution in [3.05, 3.63) is 60.4 Å². The second-order valence-electron chi connectivity index (χ2n) is 3.89. The lowest BCUT2D eigenvalue weighted by Gasteiger charge is -2.07. The third kappa shape index (κ3) is 3.92. The third-order valence-corrected chi connectivity index (χ3v) is 3.19. The van der Waals surface area contributed by atoms with Crippen LogP contribution in [0, 0.1) is 0 Å². The Bertz CT molecular complexity index is 645. The molecular weight excluding hydrogens is 275 g/mol. The zero-order valence-corrected chi connectivity index (χ0v) is 14.5. The van der Waals surface area contributed by atoms with Gasteiger partial charge in [-0.2, -0.15) is 0 Å². The molecule has 21 heavy (non-hydrogen) atoms. The fourth-order valence-electron chi connectivity index (χ4n) is 2.08. The van der Waals surface area contributed by atoms with E-state index in [0.29, 0.717) is 0 Å². The molecule has 0 aliphatic rings. The second kappa shape index (κ2) is 9.31. The Hall–Kier alpha value is -1.66. The van der Waals surface area contributed by atoms with Crippen molar-refractivity contribution in [3.8, 4) is 5.69 Å². The Labute approximate surface area is 130 Å². The molecule has 3 aromatic rings. The van der Waals surface area contributed by atoms with E-state index in [2.05, 4.69) is 61.3 Å². The van der Waals surface area contributed by atoms with Crippen molar-refractivity contribution >= 4 is 20.3 Å². The van der Waals surface area contributed by atoms with Gasteiger partial charge in [0.05, 0.1) is 11.0 Å². The molecule has 0 aliphatic carbocycles. The Balaban J connectivity index is 0.000000510. The molecule has 1 heterocycles. The predicted molar refractivity (Wildman–Crippen MR) is 97.2 cm³/mol. The zero-order valence-electron chi connectivity index (χ0n) is 13.4. The van der Waals surface area contributed by atoms with Gasteiger partial charge in [-0.3, -0.25) is 4.57 Å². The molecule has 1 atom stereocenters. The lowest BCUT2D eigenvalue weighted by Crippen LogP contribution is -1.98. The number of nitrogens with zero attached hydrogens (tertiary/aromatic N) is 2. The molecule has 0 N–H and O–H groups in total. The zero-order chi connectivity index (χ0) is 15.7. The maximum absolute atomic E-state index is 4.65. The molecule has 0 bridgehead atoms. The van der Waals surface area contributed by atoms with Crippen molar-refractivity contribution in [1.82, 2.24) is 9.55 Å². The minimum Gasteiger partial charge on any atom is -0.296 e. The predicted octanol–water partition coefficient (Wildman–Crippen LogP) is 5.45. The summed E-state index contributed by atoms with van der Waals surface area (Å²) in [7, 11) is 2.74. The highest BCUT2D eigenvalue weighted by Crippen LogP contribution is 2.22. The Kier molecular flexibility index (Phi) is 7.71. The van der Waals surface area contributed by atoms with Gasteiger partial charge < -0.3 is 0 Å². The molecule has 2 nitrogen and oxygen atoms in total. The minimum absolute atomic E-state index is 0.851. The number of imidazole rings is 1. The Morgan fingerprint density at radius 1 is 0.857 bits per heavy atom. The molecule has 1 unspecified atom stereocenters. The highest BCUT2D eigenvalue weighted by Gasteiger charge is 2.09. The van der Waals surface area contributed by atoms with Crippen LogP contribution in [0.3, 0.4) is 0 Å². The van der Waals surface area contributed by atoms with Crippen LogP contribution >= 0.6 is 9.24 Å². The molecule has 0 saturated carbocycles. The molecule has 1 aromatic heterocycles. The van der Waals surface area contributed by atoms with Gasteiger partial charge in [-0.15, -0.1) is 9.24 Å². The number of rotatable bonds is 2. The van der Waals surface area contributed by atoms with E-state index in [9.17, 15) is 0 Å². The summed E-state index contributed by atoms with van der Waals surface area (Å²) in [4.78, 5) is 4.65. The van der Waals surface area contributed by atoms with E-state index >= 15 is 0 Å². The average molecular weight is 300 g/mol. The summed E-state index contributed by atoms with van der Waals surface area (Å²) in [5.74, 6) is 1.07. The van der Waals surface area contributed by atoms with Crippen LogP contribution in [0.15, 0.2) is 54.6 Å². The first-order valence-corrected chi connectivity index (χ1v) is 8.43. The summed E-state index contributed by atoms with van der Waals surface area (Å²) >= 11 is 0. The van der Waals surface area contributed by atoms with Crippen molar-refractivity contribution in [3.63, 3.8) is 0 Å². The monoisotopic (exact) mass is 300 g/mol. The lowest BCUT2D eigenvalue weighted by molar-refractivity contribution is 0.986. The van der Waals surface area contributed by atoms with Gasteiger partial charge in [0.15, 0.2) is 0 Å². The number of hydrogen-bond acceptors (Lipinski definition) is 1. The largest absolute Gasteiger partial charge is 0.296 e. The summed E-state index contributed by atoms with van der Waals surface area (Å²) in [6.45, 7) is 8.00. The molecule has 0 saturated heterocycles. The van der Waals surface area contributed by atoms with Crippen LogP contribution in [0.5, 0.6) is 0 Å². The van der Waals surface area contributed by atoms with Gasteiger partial charge >= 0.3 is 0 Å². The first-order chi connectivity index (χ1) is 10.4. The maximum Gasteiger partial charge on any atom is 0.118 e. The van der Waals surface area contributed by atoms with E-state index in [0.717, 1.165) is 23.0 Å². The fourth-order valence-corrected chi connectivity index (χ4v) is 2.35. The summed E-state index contributed by atoms with van der Waals surface area (Å²) in [5.41, 5.74) is 3.38. The highest BCUT2D eigenvalue weighted by molar-refractivity contribution is 7.15. The standard InChI is InChI=1S/C14H13N2P.2C2H6/c17-10-14-15-12-8-4-5-9-13(12)16(14)11-6-2-1-3-7-11;2*1-2/h1-9H,10,17H2;2*1-2H3. The Morgan fingerprint density at radius 2 is 1.43 bits per heavy atom. The third-order valence-electron chi connectivity index (χ3n) is 2.83. The highest BCUT2D eigenvalue weighted by atomic mass is 31.0. The second-order valence-corrected chi connectivity index (χ2v) is 4.30. The van der Waals surface area contributed by atoms with Crippen LogP contribution in [0.4, 0.5) is 0 Å². The first-order valence-electron chi connectivity index (χ1n) is 7.62. The summed E-state index contributed by atoms with van der Waals surface area (Å²) < 4.78 is 2.21. The molecule has 3 heteroatoms. The van der Waals surface area contributed by atoms with Gasteiger partial charge in [0.1, 0.15) is 5.82 Å². The van der Waals surface area contributed by atoms with Gasteiger partial charge in [0.25, 0.3) is 0 Å². The van der Waals surface area contributed by atoms with E-state index in [1.807, 2.05) is 39.8 Å². The SMILES string of the molecule is CC.CC.PCc1nc2ccccc2n1-c1ccccc1. The number of benzene rings is 2. The van der Waals surface area contributed by atoms with Crippen LogP contribution < -0.4 is 0 Å². The van der Waals surface area contributed by atoms with Crippen molar-refractivity contribution in [2.45, 2.75) is 33.9 Å². The minimum atomic E-state index is 0.851. The molecule has 0 amide bonds. The van der Waals surface area contributed by atoms with Crippen molar-refractivity contribution in [2.24, 2.45) is 0 Å². The van der Waals surface area contributed by atoms with E-state index in [-0.39, 0.29) is 0 Å².